The topological polar surface area (TPSA) is 75.6 Å². The number of carbonyl (C=O) groups is 2. The fraction of sp³-hybridized carbons (Fsp3) is 0.846. The molecule has 5 nitrogen and oxygen atoms in total. The Morgan fingerprint density at radius 3 is 2.61 bits per heavy atom. The predicted octanol–water partition coefficient (Wildman–Crippen LogP) is 1.32. The second-order valence-electron chi connectivity index (χ2n) is 5.33. The van der Waals surface area contributed by atoms with Crippen molar-refractivity contribution in [2.75, 3.05) is 6.61 Å². The van der Waals surface area contributed by atoms with Crippen LogP contribution in [-0.4, -0.2) is 35.7 Å². The standard InChI is InChI=1S/C13H21NO4/c15-12(8-10-3-1-2-6-18-10)14-11(13(16)17)7-9-4-5-9/h9-11H,1-8H2,(H,14,15)(H,16,17). The van der Waals surface area contributed by atoms with Crippen LogP contribution in [0.15, 0.2) is 0 Å². The van der Waals surface area contributed by atoms with E-state index in [9.17, 15) is 9.59 Å². The number of aliphatic carboxylic acids is 1. The van der Waals surface area contributed by atoms with Crippen molar-refractivity contribution in [1.29, 1.82) is 0 Å². The molecule has 2 unspecified atom stereocenters. The van der Waals surface area contributed by atoms with Crippen molar-refractivity contribution in [2.24, 2.45) is 5.92 Å². The summed E-state index contributed by atoms with van der Waals surface area (Å²) in [5.41, 5.74) is 0. The Bertz CT molecular complexity index is 308. The highest BCUT2D eigenvalue weighted by Gasteiger charge is 2.30. The molecule has 102 valence electrons. The van der Waals surface area contributed by atoms with Gasteiger partial charge in [-0.15, -0.1) is 0 Å². The molecule has 18 heavy (non-hydrogen) atoms. The zero-order valence-corrected chi connectivity index (χ0v) is 10.6. The van der Waals surface area contributed by atoms with E-state index < -0.39 is 12.0 Å². The summed E-state index contributed by atoms with van der Waals surface area (Å²) in [6, 6.07) is -0.728. The molecule has 0 bridgehead atoms. The molecule has 5 heteroatoms. The molecule has 0 aromatic carbocycles. The molecule has 1 saturated heterocycles. The van der Waals surface area contributed by atoms with Gasteiger partial charge in [0, 0.05) is 6.61 Å². The summed E-state index contributed by atoms with van der Waals surface area (Å²) in [6.07, 6.45) is 6.03. The Balaban J connectivity index is 1.74. The van der Waals surface area contributed by atoms with Crippen molar-refractivity contribution in [1.82, 2.24) is 5.32 Å². The van der Waals surface area contributed by atoms with Gasteiger partial charge in [0.05, 0.1) is 12.5 Å². The minimum Gasteiger partial charge on any atom is -0.480 e. The van der Waals surface area contributed by atoms with Crippen molar-refractivity contribution in [2.45, 2.75) is 57.1 Å². The lowest BCUT2D eigenvalue weighted by Gasteiger charge is -2.23. The van der Waals surface area contributed by atoms with Crippen LogP contribution in [0.2, 0.25) is 0 Å². The average molecular weight is 255 g/mol. The fourth-order valence-electron chi connectivity index (χ4n) is 2.34. The van der Waals surface area contributed by atoms with Gasteiger partial charge in [-0.1, -0.05) is 12.8 Å². The summed E-state index contributed by atoms with van der Waals surface area (Å²) < 4.78 is 5.48. The molecule has 2 fully saturated rings. The lowest BCUT2D eigenvalue weighted by Crippen LogP contribution is -2.42. The molecule has 1 amide bonds. The van der Waals surface area contributed by atoms with Crippen molar-refractivity contribution in [3.8, 4) is 0 Å². The number of carboxylic acids is 1. The second kappa shape index (κ2) is 6.18. The highest BCUT2D eigenvalue weighted by Crippen LogP contribution is 2.33. The van der Waals surface area contributed by atoms with Gasteiger partial charge in [-0.05, 0) is 31.6 Å². The number of nitrogens with one attached hydrogen (secondary N) is 1. The summed E-state index contributed by atoms with van der Waals surface area (Å²) in [4.78, 5) is 22.8. The highest BCUT2D eigenvalue weighted by atomic mass is 16.5. The lowest BCUT2D eigenvalue weighted by atomic mass is 10.1. The van der Waals surface area contributed by atoms with Gasteiger partial charge in [-0.3, -0.25) is 4.79 Å². The molecule has 0 aromatic heterocycles. The minimum atomic E-state index is -0.931. The quantitative estimate of drug-likeness (QED) is 0.750. The van der Waals surface area contributed by atoms with Gasteiger partial charge >= 0.3 is 5.97 Å². The summed E-state index contributed by atoms with van der Waals surface area (Å²) in [5, 5.41) is 11.7. The molecule has 2 aliphatic rings. The lowest BCUT2D eigenvalue weighted by molar-refractivity contribution is -0.142. The monoisotopic (exact) mass is 255 g/mol. The SMILES string of the molecule is O=C(CC1CCCCO1)NC(CC1CC1)C(=O)O. The number of hydrogen-bond acceptors (Lipinski definition) is 3. The molecule has 2 rings (SSSR count). The largest absolute Gasteiger partial charge is 0.480 e. The number of rotatable bonds is 6. The first-order valence-electron chi connectivity index (χ1n) is 6.79. The van der Waals surface area contributed by atoms with Gasteiger partial charge < -0.3 is 15.2 Å². The van der Waals surface area contributed by atoms with Crippen LogP contribution in [0.1, 0.15) is 44.9 Å². The van der Waals surface area contributed by atoms with E-state index in [4.69, 9.17) is 9.84 Å². The van der Waals surface area contributed by atoms with Gasteiger partial charge in [-0.2, -0.15) is 0 Å². The van der Waals surface area contributed by atoms with E-state index in [1.165, 1.54) is 0 Å². The third-order valence-corrected chi connectivity index (χ3v) is 3.59. The van der Waals surface area contributed by atoms with Crippen LogP contribution in [-0.2, 0) is 14.3 Å². The van der Waals surface area contributed by atoms with Crippen LogP contribution in [0.3, 0.4) is 0 Å². The smallest absolute Gasteiger partial charge is 0.326 e. The Morgan fingerprint density at radius 1 is 1.28 bits per heavy atom. The Morgan fingerprint density at radius 2 is 2.06 bits per heavy atom. The molecule has 0 aromatic rings. The molecular formula is C13H21NO4. The van der Waals surface area contributed by atoms with E-state index in [0.717, 1.165) is 32.1 Å². The number of ether oxygens (including phenoxy) is 1. The Labute approximate surface area is 107 Å². The van der Waals surface area contributed by atoms with Crippen LogP contribution in [0, 0.1) is 5.92 Å². The third kappa shape index (κ3) is 4.29. The first-order chi connectivity index (χ1) is 8.65. The Kier molecular flexibility index (Phi) is 4.58. The van der Waals surface area contributed by atoms with Gasteiger partial charge in [-0.25, -0.2) is 4.79 Å². The highest BCUT2D eigenvalue weighted by molar-refractivity contribution is 5.83. The van der Waals surface area contributed by atoms with Crippen LogP contribution < -0.4 is 5.32 Å². The Hall–Kier alpha value is -1.10. The van der Waals surface area contributed by atoms with Crippen LogP contribution in [0.4, 0.5) is 0 Å². The average Bonchev–Trinajstić information content (AvgIpc) is 3.13. The molecule has 1 saturated carbocycles. The second-order valence-corrected chi connectivity index (χ2v) is 5.33. The van der Waals surface area contributed by atoms with E-state index in [2.05, 4.69) is 5.32 Å². The molecule has 1 heterocycles. The van der Waals surface area contributed by atoms with E-state index in [-0.39, 0.29) is 18.4 Å². The van der Waals surface area contributed by atoms with Gasteiger partial charge in [0.2, 0.25) is 5.91 Å². The molecule has 0 radical (unpaired) electrons. The number of amides is 1. The van der Waals surface area contributed by atoms with E-state index in [0.29, 0.717) is 18.9 Å². The molecular weight excluding hydrogens is 234 g/mol. The van der Waals surface area contributed by atoms with Crippen molar-refractivity contribution >= 4 is 11.9 Å². The molecule has 1 aliphatic heterocycles. The molecule has 1 aliphatic carbocycles. The van der Waals surface area contributed by atoms with Crippen molar-refractivity contribution in [3.05, 3.63) is 0 Å². The van der Waals surface area contributed by atoms with Gasteiger partial charge in [0.15, 0.2) is 0 Å². The maximum atomic E-state index is 11.8. The van der Waals surface area contributed by atoms with Crippen LogP contribution in [0.5, 0.6) is 0 Å². The van der Waals surface area contributed by atoms with Crippen LogP contribution in [0.25, 0.3) is 0 Å². The maximum Gasteiger partial charge on any atom is 0.326 e. The maximum absolute atomic E-state index is 11.8. The minimum absolute atomic E-state index is 0.0332. The number of carboxylic acid groups (broad SMARTS) is 1. The summed E-state index contributed by atoms with van der Waals surface area (Å²) in [6.45, 7) is 0.711. The summed E-state index contributed by atoms with van der Waals surface area (Å²) in [7, 11) is 0. The van der Waals surface area contributed by atoms with E-state index >= 15 is 0 Å². The molecule has 2 N–H and O–H groups in total. The van der Waals surface area contributed by atoms with E-state index in [1.54, 1.807) is 0 Å². The molecule has 2 atom stereocenters. The first-order valence-corrected chi connectivity index (χ1v) is 6.79. The summed E-state index contributed by atoms with van der Waals surface area (Å²) in [5.74, 6) is -0.646. The third-order valence-electron chi connectivity index (χ3n) is 3.59. The predicted molar refractivity (Wildman–Crippen MR) is 65.1 cm³/mol. The zero-order valence-electron chi connectivity index (χ0n) is 10.6. The number of hydrogen-bond donors (Lipinski definition) is 2. The summed E-state index contributed by atoms with van der Waals surface area (Å²) >= 11 is 0. The molecule has 0 spiro atoms. The van der Waals surface area contributed by atoms with Gasteiger partial charge in [0.25, 0.3) is 0 Å². The zero-order chi connectivity index (χ0) is 13.0. The normalized spacial score (nSPS) is 25.4. The first kappa shape index (κ1) is 13.3. The fourth-order valence-corrected chi connectivity index (χ4v) is 2.34. The van der Waals surface area contributed by atoms with E-state index in [1.807, 2.05) is 0 Å². The van der Waals surface area contributed by atoms with Crippen LogP contribution >= 0.6 is 0 Å². The van der Waals surface area contributed by atoms with Gasteiger partial charge in [0.1, 0.15) is 6.04 Å². The van der Waals surface area contributed by atoms with Crippen molar-refractivity contribution in [3.63, 3.8) is 0 Å². The van der Waals surface area contributed by atoms with Crippen molar-refractivity contribution < 1.29 is 19.4 Å². The number of carbonyl (C=O) groups excluding carboxylic acids is 1.